The number of carbonyl (C=O) groups excluding carboxylic acids is 1. The van der Waals surface area contributed by atoms with E-state index in [2.05, 4.69) is 69.3 Å². The van der Waals surface area contributed by atoms with Gasteiger partial charge < -0.3 is 19.4 Å². The van der Waals surface area contributed by atoms with Crippen LogP contribution in [0.25, 0.3) is 0 Å². The monoisotopic (exact) mass is 459 g/mol. The molecule has 0 saturated carbocycles. The highest BCUT2D eigenvalue weighted by Crippen LogP contribution is 2.38. The molecule has 0 spiro atoms. The molecule has 3 aromatic carbocycles. The average Bonchev–Trinajstić information content (AvgIpc) is 2.78. The highest BCUT2D eigenvalue weighted by molar-refractivity contribution is 6.99. The maximum atomic E-state index is 12.9. The van der Waals surface area contributed by atoms with Crippen molar-refractivity contribution in [2.75, 3.05) is 13.1 Å². The Morgan fingerprint density at radius 3 is 1.79 bits per heavy atom. The van der Waals surface area contributed by atoms with E-state index in [1.54, 1.807) is 29.2 Å². The molecule has 33 heavy (non-hydrogen) atoms. The molecule has 170 valence electrons. The average molecular weight is 459 g/mol. The number of rotatable bonds is 6. The predicted octanol–water partition coefficient (Wildman–Crippen LogP) is 1.77. The van der Waals surface area contributed by atoms with Crippen molar-refractivity contribution in [3.63, 3.8) is 0 Å². The first-order valence-corrected chi connectivity index (χ1v) is 13.2. The van der Waals surface area contributed by atoms with Gasteiger partial charge in [0.25, 0.3) is 14.2 Å². The van der Waals surface area contributed by atoms with Gasteiger partial charge >= 0.3 is 7.12 Å². The lowest BCUT2D eigenvalue weighted by Crippen LogP contribution is -2.71. The Balaban J connectivity index is 1.57. The van der Waals surface area contributed by atoms with Crippen molar-refractivity contribution in [1.29, 1.82) is 0 Å². The quantitative estimate of drug-likeness (QED) is 0.552. The topological polar surface area (TPSA) is 70.0 Å². The fourth-order valence-corrected chi connectivity index (χ4v) is 9.26. The molecule has 1 aliphatic rings. The minimum Gasteiger partial charge on any atom is -0.423 e. The van der Waals surface area contributed by atoms with E-state index in [4.69, 9.17) is 4.43 Å². The van der Waals surface area contributed by atoms with E-state index in [9.17, 15) is 14.8 Å². The van der Waals surface area contributed by atoms with Gasteiger partial charge in [0.2, 0.25) is 0 Å². The summed E-state index contributed by atoms with van der Waals surface area (Å²) in [5.74, 6) is -0.0729. The molecule has 0 unspecified atom stereocenters. The molecule has 0 radical (unpaired) electrons. The van der Waals surface area contributed by atoms with Gasteiger partial charge in [-0.25, -0.2) is 0 Å². The maximum absolute atomic E-state index is 12.9. The molecule has 0 aromatic heterocycles. The highest BCUT2D eigenvalue weighted by Gasteiger charge is 2.53. The first-order valence-electron chi connectivity index (χ1n) is 11.3. The molecule has 1 fully saturated rings. The summed E-state index contributed by atoms with van der Waals surface area (Å²) >= 11 is 0. The minimum absolute atomic E-state index is 0.0428. The fourth-order valence-electron chi connectivity index (χ4n) is 4.60. The van der Waals surface area contributed by atoms with Gasteiger partial charge in [0.15, 0.2) is 0 Å². The van der Waals surface area contributed by atoms with Gasteiger partial charge in [0.05, 0.1) is 6.10 Å². The molecule has 4 rings (SSSR count). The second-order valence-electron chi connectivity index (χ2n) is 9.61. The summed E-state index contributed by atoms with van der Waals surface area (Å²) < 4.78 is 7.06. The Bertz CT molecular complexity index is 1040. The zero-order valence-electron chi connectivity index (χ0n) is 19.3. The van der Waals surface area contributed by atoms with E-state index in [0.717, 1.165) is 0 Å². The third-order valence-corrected chi connectivity index (χ3v) is 11.4. The molecular weight excluding hydrogens is 429 g/mol. The summed E-state index contributed by atoms with van der Waals surface area (Å²) in [6, 6.07) is 27.4. The van der Waals surface area contributed by atoms with Crippen molar-refractivity contribution < 1.29 is 19.3 Å². The largest absolute Gasteiger partial charge is 0.488 e. The lowest BCUT2D eigenvalue weighted by atomic mass is 9.80. The highest BCUT2D eigenvalue weighted by atomic mass is 28.4. The molecular formula is C26H30BNO4Si. The van der Waals surface area contributed by atoms with E-state index in [1.165, 1.54) is 10.4 Å². The van der Waals surface area contributed by atoms with Crippen LogP contribution in [0.5, 0.6) is 0 Å². The number of likely N-dealkylation sites (tertiary alicyclic amines) is 1. The minimum atomic E-state index is -2.64. The van der Waals surface area contributed by atoms with Gasteiger partial charge in [-0.2, -0.15) is 0 Å². The smallest absolute Gasteiger partial charge is 0.423 e. The van der Waals surface area contributed by atoms with E-state index in [0.29, 0.717) is 24.1 Å². The van der Waals surface area contributed by atoms with Crippen molar-refractivity contribution in [2.24, 2.45) is 0 Å². The van der Waals surface area contributed by atoms with Crippen LogP contribution in [0.2, 0.25) is 5.04 Å². The second-order valence-corrected chi connectivity index (χ2v) is 13.9. The molecule has 1 saturated heterocycles. The third kappa shape index (κ3) is 4.54. The Labute approximate surface area is 196 Å². The van der Waals surface area contributed by atoms with Crippen molar-refractivity contribution >= 4 is 37.2 Å². The van der Waals surface area contributed by atoms with Gasteiger partial charge in [-0.15, -0.1) is 0 Å². The lowest BCUT2D eigenvalue weighted by Gasteiger charge is -2.49. The van der Waals surface area contributed by atoms with E-state index >= 15 is 0 Å². The molecule has 1 amide bonds. The molecule has 3 aromatic rings. The van der Waals surface area contributed by atoms with Crippen LogP contribution < -0.4 is 15.8 Å². The van der Waals surface area contributed by atoms with Gasteiger partial charge in [-0.1, -0.05) is 93.6 Å². The fraction of sp³-hybridized carbons (Fsp3) is 0.269. The lowest BCUT2D eigenvalue weighted by molar-refractivity contribution is 0.0136. The SMILES string of the molecule is CC(C)(C)[Si](OC1CN(C(=O)c2ccc(B(O)O)cc2)C1)(c1ccccc1)c1ccccc1. The van der Waals surface area contributed by atoms with Crippen LogP contribution in [0.4, 0.5) is 0 Å². The van der Waals surface area contributed by atoms with Crippen molar-refractivity contribution in [1.82, 2.24) is 4.90 Å². The first-order chi connectivity index (χ1) is 15.7. The van der Waals surface area contributed by atoms with E-state index < -0.39 is 15.4 Å². The van der Waals surface area contributed by atoms with E-state index in [-0.39, 0.29) is 17.0 Å². The molecule has 0 atom stereocenters. The summed E-state index contributed by atoms with van der Waals surface area (Å²) in [6.45, 7) is 7.81. The van der Waals surface area contributed by atoms with Gasteiger partial charge in [-0.05, 0) is 33.0 Å². The van der Waals surface area contributed by atoms with Crippen LogP contribution in [0.1, 0.15) is 31.1 Å². The van der Waals surface area contributed by atoms with Crippen LogP contribution in [0, 0.1) is 0 Å². The number of amides is 1. The van der Waals surface area contributed by atoms with E-state index in [1.807, 2.05) is 12.1 Å². The Morgan fingerprint density at radius 2 is 1.36 bits per heavy atom. The van der Waals surface area contributed by atoms with Crippen molar-refractivity contribution in [3.05, 3.63) is 90.5 Å². The Morgan fingerprint density at radius 1 is 0.879 bits per heavy atom. The summed E-state index contributed by atoms with van der Waals surface area (Å²) in [5.41, 5.74) is 0.895. The van der Waals surface area contributed by atoms with Gasteiger partial charge in [0.1, 0.15) is 0 Å². The number of nitrogens with zero attached hydrogens (tertiary/aromatic N) is 1. The number of hydrogen-bond donors (Lipinski definition) is 2. The van der Waals surface area contributed by atoms with Gasteiger partial charge in [0, 0.05) is 18.7 Å². The van der Waals surface area contributed by atoms with Crippen LogP contribution in [-0.2, 0) is 4.43 Å². The third-order valence-electron chi connectivity index (χ3n) is 6.35. The molecule has 7 heteroatoms. The molecule has 1 heterocycles. The number of hydrogen-bond acceptors (Lipinski definition) is 4. The van der Waals surface area contributed by atoms with Crippen LogP contribution in [-0.4, -0.2) is 55.5 Å². The second kappa shape index (κ2) is 9.27. The van der Waals surface area contributed by atoms with Gasteiger partial charge in [-0.3, -0.25) is 4.79 Å². The summed E-state index contributed by atoms with van der Waals surface area (Å²) in [7, 11) is -4.18. The van der Waals surface area contributed by atoms with Crippen LogP contribution in [0.15, 0.2) is 84.9 Å². The first kappa shape index (κ1) is 23.5. The summed E-state index contributed by atoms with van der Waals surface area (Å²) in [6.07, 6.45) is -0.0428. The summed E-state index contributed by atoms with van der Waals surface area (Å²) in [5, 5.41) is 20.9. The standard InChI is InChI=1S/C26H30BNO4Si/c1-26(2,3)33(23-10-6-4-7-11-23,24-12-8-5-9-13-24)32-22-18-28(19-22)25(29)20-14-16-21(17-15-20)27(30)31/h4-17,22,30-31H,18-19H2,1-3H3. The van der Waals surface area contributed by atoms with Crippen LogP contribution >= 0.6 is 0 Å². The molecule has 5 nitrogen and oxygen atoms in total. The Hall–Kier alpha value is -2.71. The molecule has 1 aliphatic heterocycles. The van der Waals surface area contributed by atoms with Crippen molar-refractivity contribution in [3.8, 4) is 0 Å². The zero-order chi connectivity index (χ0) is 23.6. The zero-order valence-corrected chi connectivity index (χ0v) is 20.3. The normalized spacial score (nSPS) is 14.6. The van der Waals surface area contributed by atoms with Crippen molar-refractivity contribution in [2.45, 2.75) is 31.9 Å². The molecule has 2 N–H and O–H groups in total. The summed E-state index contributed by atoms with van der Waals surface area (Å²) in [4.78, 5) is 14.7. The molecule has 0 bridgehead atoms. The number of benzene rings is 3. The predicted molar refractivity (Wildman–Crippen MR) is 135 cm³/mol. The van der Waals surface area contributed by atoms with Crippen LogP contribution in [0.3, 0.4) is 0 Å². The Kier molecular flexibility index (Phi) is 6.59. The molecule has 0 aliphatic carbocycles. The maximum Gasteiger partial charge on any atom is 0.488 e. The number of carbonyl (C=O) groups is 1.